The quantitative estimate of drug-likeness (QED) is 0.383. The maximum Gasteiger partial charge on any atom is 0.281 e. The minimum Gasteiger partial charge on any atom is -0.360 e. The Morgan fingerprint density at radius 2 is 2.17 bits per heavy atom. The van der Waals surface area contributed by atoms with Gasteiger partial charge in [-0.25, -0.2) is 18.4 Å². The van der Waals surface area contributed by atoms with Gasteiger partial charge in [-0.1, -0.05) is 19.6 Å². The molecule has 0 aliphatic heterocycles. The molecule has 0 fully saturated rings. The number of hydrogen-bond acceptors (Lipinski definition) is 6. The van der Waals surface area contributed by atoms with Crippen LogP contribution in [0.4, 0.5) is 14.5 Å². The first-order valence-corrected chi connectivity index (χ1v) is 13.5. The Balaban J connectivity index is 1.59. The second-order valence-corrected chi connectivity index (χ2v) is 14.1. The van der Waals surface area contributed by atoms with E-state index in [-0.39, 0.29) is 11.4 Å². The van der Waals surface area contributed by atoms with Gasteiger partial charge in [0.15, 0.2) is 0 Å². The van der Waals surface area contributed by atoms with Gasteiger partial charge in [-0.05, 0) is 6.04 Å². The van der Waals surface area contributed by atoms with Gasteiger partial charge < -0.3 is 10.1 Å². The van der Waals surface area contributed by atoms with E-state index in [9.17, 15) is 13.6 Å². The number of alkyl halides is 2. The SMILES string of the molecule is C[Si](C)(C)CCOCn1cc(-c2nc(C(=O)Nc3cn[nH]c3C(F)F)cs2)cn1. The molecule has 0 aliphatic rings. The molecule has 0 atom stereocenters. The van der Waals surface area contributed by atoms with Crippen LogP contribution in [0.3, 0.4) is 0 Å². The normalized spacial score (nSPS) is 11.9. The van der Waals surface area contributed by atoms with Gasteiger partial charge in [0.1, 0.15) is 23.1 Å². The van der Waals surface area contributed by atoms with Crippen molar-refractivity contribution in [3.63, 3.8) is 0 Å². The fourth-order valence-electron chi connectivity index (χ4n) is 2.34. The Morgan fingerprint density at radius 1 is 1.38 bits per heavy atom. The number of aromatic nitrogens is 5. The number of carbonyl (C=O) groups is 1. The first-order chi connectivity index (χ1) is 13.7. The van der Waals surface area contributed by atoms with Gasteiger partial charge in [-0.2, -0.15) is 10.2 Å². The molecule has 0 saturated carbocycles. The summed E-state index contributed by atoms with van der Waals surface area (Å²) >= 11 is 1.27. The van der Waals surface area contributed by atoms with Crippen molar-refractivity contribution in [2.24, 2.45) is 0 Å². The standard InChI is InChI=1S/C17H22F2N6O2SSi/c1-29(2,3)5-4-27-10-25-8-11(6-21-25)17-23-13(9-28-17)16(26)22-12-7-20-24-14(12)15(18)19/h6-9,15H,4-5,10H2,1-3H3,(H,20,24)(H,22,26). The minimum absolute atomic E-state index is 0.0668. The molecule has 2 N–H and O–H groups in total. The molecule has 1 amide bonds. The second-order valence-electron chi connectivity index (χ2n) is 7.61. The molecule has 0 bridgehead atoms. The number of rotatable bonds is 9. The van der Waals surface area contributed by atoms with E-state index < -0.39 is 26.1 Å². The van der Waals surface area contributed by atoms with E-state index in [2.05, 4.69) is 45.2 Å². The lowest BCUT2D eigenvalue weighted by Crippen LogP contribution is -2.22. The summed E-state index contributed by atoms with van der Waals surface area (Å²) < 4.78 is 33.0. The van der Waals surface area contributed by atoms with Crippen molar-refractivity contribution in [3.8, 4) is 10.6 Å². The van der Waals surface area contributed by atoms with Crippen LogP contribution in [-0.2, 0) is 11.5 Å². The highest BCUT2D eigenvalue weighted by Crippen LogP contribution is 2.26. The molecule has 0 spiro atoms. The monoisotopic (exact) mass is 440 g/mol. The molecule has 3 heterocycles. The number of thiazole rings is 1. The van der Waals surface area contributed by atoms with Crippen LogP contribution in [0.5, 0.6) is 0 Å². The van der Waals surface area contributed by atoms with Crippen LogP contribution >= 0.6 is 11.3 Å². The summed E-state index contributed by atoms with van der Waals surface area (Å²) in [6.45, 7) is 7.92. The summed E-state index contributed by atoms with van der Waals surface area (Å²) in [7, 11) is -1.13. The van der Waals surface area contributed by atoms with E-state index in [4.69, 9.17) is 4.74 Å². The fraction of sp³-hybridized carbons (Fsp3) is 0.412. The van der Waals surface area contributed by atoms with Gasteiger partial charge in [0.2, 0.25) is 0 Å². The molecule has 156 valence electrons. The zero-order chi connectivity index (χ0) is 21.0. The third-order valence-corrected chi connectivity index (χ3v) is 6.57. The van der Waals surface area contributed by atoms with Crippen molar-refractivity contribution in [1.29, 1.82) is 0 Å². The zero-order valence-electron chi connectivity index (χ0n) is 16.3. The van der Waals surface area contributed by atoms with Crippen LogP contribution in [0, 0.1) is 0 Å². The van der Waals surface area contributed by atoms with E-state index in [0.29, 0.717) is 18.3 Å². The molecule has 3 aromatic rings. The van der Waals surface area contributed by atoms with Crippen LogP contribution in [0.15, 0.2) is 24.0 Å². The number of aromatic amines is 1. The predicted molar refractivity (Wildman–Crippen MR) is 109 cm³/mol. The largest absolute Gasteiger partial charge is 0.360 e. The number of ether oxygens (including phenoxy) is 1. The minimum atomic E-state index is -2.77. The van der Waals surface area contributed by atoms with E-state index in [1.54, 1.807) is 22.5 Å². The number of carbonyl (C=O) groups excluding carboxylic acids is 1. The first kappa shape index (κ1) is 21.3. The molecular weight excluding hydrogens is 418 g/mol. The molecule has 3 rings (SSSR count). The Bertz CT molecular complexity index is 965. The van der Waals surface area contributed by atoms with Crippen molar-refractivity contribution in [2.45, 2.75) is 38.8 Å². The summed E-state index contributed by atoms with van der Waals surface area (Å²) in [4.78, 5) is 16.6. The number of anilines is 1. The Morgan fingerprint density at radius 3 is 2.90 bits per heavy atom. The van der Waals surface area contributed by atoms with Gasteiger partial charge >= 0.3 is 0 Å². The summed E-state index contributed by atoms with van der Waals surface area (Å²) in [6.07, 6.45) is 1.81. The van der Waals surface area contributed by atoms with E-state index in [1.165, 1.54) is 11.3 Å². The molecule has 3 aromatic heterocycles. The number of nitrogens with zero attached hydrogens (tertiary/aromatic N) is 4. The van der Waals surface area contributed by atoms with Gasteiger partial charge in [0.05, 0.1) is 18.1 Å². The molecule has 0 radical (unpaired) electrons. The first-order valence-electron chi connectivity index (χ1n) is 8.92. The van der Waals surface area contributed by atoms with E-state index in [0.717, 1.165) is 17.8 Å². The lowest BCUT2D eigenvalue weighted by atomic mass is 10.3. The molecule has 0 aromatic carbocycles. The fourth-order valence-corrected chi connectivity index (χ4v) is 3.87. The van der Waals surface area contributed by atoms with Crippen molar-refractivity contribution < 1.29 is 18.3 Å². The van der Waals surface area contributed by atoms with Gasteiger partial charge in [0.25, 0.3) is 12.3 Å². The molecule has 12 heteroatoms. The molecule has 0 unspecified atom stereocenters. The molecular formula is C17H22F2N6O2SSi. The number of H-pyrrole nitrogens is 1. The van der Waals surface area contributed by atoms with Crippen LogP contribution in [0.2, 0.25) is 25.7 Å². The zero-order valence-corrected chi connectivity index (χ0v) is 18.1. The van der Waals surface area contributed by atoms with Crippen LogP contribution < -0.4 is 5.32 Å². The van der Waals surface area contributed by atoms with Crippen LogP contribution in [0.25, 0.3) is 10.6 Å². The third kappa shape index (κ3) is 5.77. The number of halogens is 2. The lowest BCUT2D eigenvalue weighted by molar-refractivity contribution is 0.0786. The number of nitrogens with one attached hydrogen (secondary N) is 2. The molecule has 0 saturated heterocycles. The maximum atomic E-state index is 12.9. The smallest absolute Gasteiger partial charge is 0.281 e. The number of amides is 1. The van der Waals surface area contributed by atoms with Crippen LogP contribution in [0.1, 0.15) is 22.6 Å². The van der Waals surface area contributed by atoms with Gasteiger partial charge in [0, 0.05) is 31.8 Å². The highest BCUT2D eigenvalue weighted by Gasteiger charge is 2.19. The van der Waals surface area contributed by atoms with E-state index in [1.807, 2.05) is 0 Å². The van der Waals surface area contributed by atoms with Gasteiger partial charge in [-0.15, -0.1) is 11.3 Å². The molecule has 8 nitrogen and oxygen atoms in total. The lowest BCUT2D eigenvalue weighted by Gasteiger charge is -2.15. The third-order valence-electron chi connectivity index (χ3n) is 3.97. The Hall–Kier alpha value is -2.44. The highest BCUT2D eigenvalue weighted by molar-refractivity contribution is 7.13. The summed E-state index contributed by atoms with van der Waals surface area (Å²) in [5, 5.41) is 14.5. The molecule has 29 heavy (non-hydrogen) atoms. The average Bonchev–Trinajstić information content (AvgIpc) is 3.37. The maximum absolute atomic E-state index is 12.9. The van der Waals surface area contributed by atoms with Gasteiger partial charge in [-0.3, -0.25) is 9.89 Å². The summed E-state index contributed by atoms with van der Waals surface area (Å²) in [6, 6.07) is 1.08. The summed E-state index contributed by atoms with van der Waals surface area (Å²) in [5.74, 6) is -0.585. The van der Waals surface area contributed by atoms with Crippen molar-refractivity contribution >= 4 is 31.0 Å². The Labute approximate surface area is 171 Å². The highest BCUT2D eigenvalue weighted by atomic mass is 32.1. The summed E-state index contributed by atoms with van der Waals surface area (Å²) in [5.41, 5.74) is 0.372. The predicted octanol–water partition coefficient (Wildman–Crippen LogP) is 4.23. The van der Waals surface area contributed by atoms with Crippen LogP contribution in [-0.4, -0.2) is 45.5 Å². The van der Waals surface area contributed by atoms with Crippen molar-refractivity contribution in [3.05, 3.63) is 35.4 Å². The molecule has 0 aliphatic carbocycles. The Kier molecular flexibility index (Phi) is 6.55. The number of hydrogen-bond donors (Lipinski definition) is 2. The average molecular weight is 441 g/mol. The van der Waals surface area contributed by atoms with Crippen molar-refractivity contribution in [2.75, 3.05) is 11.9 Å². The second kappa shape index (κ2) is 8.92. The topological polar surface area (TPSA) is 97.7 Å². The van der Waals surface area contributed by atoms with E-state index >= 15 is 0 Å². The van der Waals surface area contributed by atoms with Crippen molar-refractivity contribution in [1.82, 2.24) is 25.0 Å².